The maximum absolute atomic E-state index is 10.5. The number of pyridine rings is 1. The Kier molecular flexibility index (Phi) is 2.21. The van der Waals surface area contributed by atoms with E-state index in [2.05, 4.69) is 4.98 Å². The molecule has 4 nitrogen and oxygen atoms in total. The number of hydrogen-bond donors (Lipinski definition) is 0. The first kappa shape index (κ1) is 9.15. The molecule has 0 bridgehead atoms. The van der Waals surface area contributed by atoms with Gasteiger partial charge < -0.3 is 9.47 Å². The molecular weight excluding hydrogens is 182 g/mol. The molecule has 4 heteroatoms. The second-order valence-electron chi connectivity index (χ2n) is 3.59. The molecule has 0 unspecified atom stereocenters. The largest absolute Gasteiger partial charge is 0.466 e. The fourth-order valence-corrected chi connectivity index (χ4v) is 1.25. The molecule has 0 spiro atoms. The number of aromatic nitrogens is 1. The minimum atomic E-state index is -0.283. The molecule has 1 aromatic heterocycles. The zero-order chi connectivity index (χ0) is 10.0. The lowest BCUT2D eigenvalue weighted by atomic mass is 10.1. The molecule has 0 amide bonds. The highest BCUT2D eigenvalue weighted by Crippen LogP contribution is 2.23. The smallest absolute Gasteiger partial charge is 0.214 e. The van der Waals surface area contributed by atoms with Crippen LogP contribution in [-0.4, -0.2) is 30.1 Å². The summed E-state index contributed by atoms with van der Waals surface area (Å²) in [7, 11) is 0. The number of carbonyl (C=O) groups is 1. The molecule has 74 valence electrons. The number of nitrogens with zero attached hydrogens (tertiary/aromatic N) is 1. The average Bonchev–Trinajstić information content (AvgIpc) is 2.16. The van der Waals surface area contributed by atoms with Gasteiger partial charge in [-0.3, -0.25) is 4.79 Å². The molecule has 0 saturated carbocycles. The van der Waals surface area contributed by atoms with Crippen LogP contribution in [0.15, 0.2) is 18.3 Å². The Morgan fingerprint density at radius 3 is 3.00 bits per heavy atom. The van der Waals surface area contributed by atoms with Gasteiger partial charge in [0, 0.05) is 17.8 Å². The van der Waals surface area contributed by atoms with Gasteiger partial charge in [-0.25, -0.2) is 4.98 Å². The summed E-state index contributed by atoms with van der Waals surface area (Å²) < 4.78 is 10.6. The van der Waals surface area contributed by atoms with Gasteiger partial charge in [0.25, 0.3) is 0 Å². The monoisotopic (exact) mass is 193 g/mol. The molecule has 0 aromatic carbocycles. The SMILES string of the molecule is CC1(Oc2cc(C=O)ccn2)COC1. The second kappa shape index (κ2) is 3.38. The lowest BCUT2D eigenvalue weighted by molar-refractivity contribution is -0.151. The van der Waals surface area contributed by atoms with Gasteiger partial charge in [0.05, 0.1) is 13.2 Å². The van der Waals surface area contributed by atoms with Crippen molar-refractivity contribution in [2.24, 2.45) is 0 Å². The Morgan fingerprint density at radius 1 is 1.64 bits per heavy atom. The lowest BCUT2D eigenvalue weighted by Crippen LogP contribution is -2.51. The third-order valence-corrected chi connectivity index (χ3v) is 2.06. The summed E-state index contributed by atoms with van der Waals surface area (Å²) in [4.78, 5) is 14.5. The van der Waals surface area contributed by atoms with Crippen LogP contribution in [0.2, 0.25) is 0 Å². The Morgan fingerprint density at radius 2 is 2.43 bits per heavy atom. The van der Waals surface area contributed by atoms with Crippen molar-refractivity contribution in [3.63, 3.8) is 0 Å². The van der Waals surface area contributed by atoms with Crippen LogP contribution in [0.3, 0.4) is 0 Å². The molecule has 1 aromatic rings. The predicted octanol–water partition coefficient (Wildman–Crippen LogP) is 1.06. The highest BCUT2D eigenvalue weighted by atomic mass is 16.6. The molecule has 2 heterocycles. The highest BCUT2D eigenvalue weighted by molar-refractivity contribution is 5.74. The Hall–Kier alpha value is -1.42. The first-order valence-electron chi connectivity index (χ1n) is 4.40. The van der Waals surface area contributed by atoms with E-state index in [0.717, 1.165) is 6.29 Å². The summed E-state index contributed by atoms with van der Waals surface area (Å²) in [6.45, 7) is 3.09. The van der Waals surface area contributed by atoms with Crippen molar-refractivity contribution >= 4 is 6.29 Å². The summed E-state index contributed by atoms with van der Waals surface area (Å²) in [6, 6.07) is 3.26. The second-order valence-corrected chi connectivity index (χ2v) is 3.59. The number of ether oxygens (including phenoxy) is 2. The van der Waals surface area contributed by atoms with Gasteiger partial charge in [0.15, 0.2) is 5.60 Å². The van der Waals surface area contributed by atoms with Gasteiger partial charge in [0.2, 0.25) is 5.88 Å². The third kappa shape index (κ3) is 1.75. The van der Waals surface area contributed by atoms with Gasteiger partial charge in [0.1, 0.15) is 6.29 Å². The first-order chi connectivity index (χ1) is 6.72. The summed E-state index contributed by atoms with van der Waals surface area (Å²) in [5.74, 6) is 0.473. The number of aldehydes is 1. The maximum Gasteiger partial charge on any atom is 0.214 e. The third-order valence-electron chi connectivity index (χ3n) is 2.06. The van der Waals surface area contributed by atoms with Crippen LogP contribution in [0.1, 0.15) is 17.3 Å². The van der Waals surface area contributed by atoms with Crippen molar-refractivity contribution in [1.29, 1.82) is 0 Å². The Bertz CT molecular complexity index is 347. The van der Waals surface area contributed by atoms with Crippen LogP contribution in [0, 0.1) is 0 Å². The number of carbonyl (C=O) groups excluding carboxylic acids is 1. The summed E-state index contributed by atoms with van der Waals surface area (Å²) >= 11 is 0. The van der Waals surface area contributed by atoms with Crippen LogP contribution in [0.25, 0.3) is 0 Å². The molecule has 1 aliphatic rings. The maximum atomic E-state index is 10.5. The molecule has 0 aliphatic carbocycles. The predicted molar refractivity (Wildman–Crippen MR) is 49.5 cm³/mol. The molecule has 1 saturated heterocycles. The van der Waals surface area contributed by atoms with Crippen LogP contribution in [0.5, 0.6) is 5.88 Å². The lowest BCUT2D eigenvalue weighted by Gasteiger charge is -2.37. The molecule has 0 radical (unpaired) electrons. The topological polar surface area (TPSA) is 48.4 Å². The van der Waals surface area contributed by atoms with Crippen molar-refractivity contribution in [2.75, 3.05) is 13.2 Å². The fraction of sp³-hybridized carbons (Fsp3) is 0.400. The van der Waals surface area contributed by atoms with Crippen molar-refractivity contribution in [3.05, 3.63) is 23.9 Å². The number of hydrogen-bond acceptors (Lipinski definition) is 4. The fourth-order valence-electron chi connectivity index (χ4n) is 1.25. The van der Waals surface area contributed by atoms with E-state index in [-0.39, 0.29) is 5.60 Å². The van der Waals surface area contributed by atoms with E-state index in [9.17, 15) is 4.79 Å². The normalized spacial score (nSPS) is 18.4. The van der Waals surface area contributed by atoms with Crippen molar-refractivity contribution < 1.29 is 14.3 Å². The minimum Gasteiger partial charge on any atom is -0.466 e. The molecule has 2 rings (SSSR count). The van der Waals surface area contributed by atoms with E-state index in [4.69, 9.17) is 9.47 Å². The van der Waals surface area contributed by atoms with E-state index in [0.29, 0.717) is 24.7 Å². The van der Waals surface area contributed by atoms with Gasteiger partial charge in [-0.05, 0) is 13.0 Å². The average molecular weight is 193 g/mol. The van der Waals surface area contributed by atoms with Gasteiger partial charge in [-0.2, -0.15) is 0 Å². The van der Waals surface area contributed by atoms with Crippen molar-refractivity contribution in [3.8, 4) is 5.88 Å². The summed E-state index contributed by atoms with van der Waals surface area (Å²) in [6.07, 6.45) is 2.33. The van der Waals surface area contributed by atoms with E-state index in [1.807, 2.05) is 6.92 Å². The standard InChI is InChI=1S/C10H11NO3/c1-10(6-13-7-10)14-9-4-8(5-12)2-3-11-9/h2-5H,6-7H2,1H3. The van der Waals surface area contributed by atoms with E-state index < -0.39 is 0 Å². The van der Waals surface area contributed by atoms with Gasteiger partial charge in [-0.15, -0.1) is 0 Å². The molecular formula is C10H11NO3. The minimum absolute atomic E-state index is 0.283. The molecule has 1 aliphatic heterocycles. The number of rotatable bonds is 3. The van der Waals surface area contributed by atoms with Crippen LogP contribution in [0.4, 0.5) is 0 Å². The van der Waals surface area contributed by atoms with E-state index in [1.54, 1.807) is 18.3 Å². The van der Waals surface area contributed by atoms with Crippen LogP contribution < -0.4 is 4.74 Å². The van der Waals surface area contributed by atoms with Gasteiger partial charge >= 0.3 is 0 Å². The van der Waals surface area contributed by atoms with Crippen molar-refractivity contribution in [2.45, 2.75) is 12.5 Å². The highest BCUT2D eigenvalue weighted by Gasteiger charge is 2.36. The molecule has 14 heavy (non-hydrogen) atoms. The Balaban J connectivity index is 2.12. The quantitative estimate of drug-likeness (QED) is 0.673. The van der Waals surface area contributed by atoms with E-state index in [1.165, 1.54) is 0 Å². The van der Waals surface area contributed by atoms with Gasteiger partial charge in [-0.1, -0.05) is 0 Å². The Labute approximate surface area is 81.9 Å². The zero-order valence-corrected chi connectivity index (χ0v) is 7.90. The van der Waals surface area contributed by atoms with Crippen LogP contribution >= 0.6 is 0 Å². The summed E-state index contributed by atoms with van der Waals surface area (Å²) in [5.41, 5.74) is 0.285. The van der Waals surface area contributed by atoms with Crippen molar-refractivity contribution in [1.82, 2.24) is 4.98 Å². The first-order valence-corrected chi connectivity index (χ1v) is 4.40. The molecule has 0 atom stereocenters. The zero-order valence-electron chi connectivity index (χ0n) is 7.90. The van der Waals surface area contributed by atoms with Crippen LogP contribution in [-0.2, 0) is 4.74 Å². The molecule has 1 fully saturated rings. The van der Waals surface area contributed by atoms with E-state index >= 15 is 0 Å². The summed E-state index contributed by atoms with van der Waals surface area (Å²) in [5, 5.41) is 0. The molecule has 0 N–H and O–H groups in total.